The van der Waals surface area contributed by atoms with Crippen LogP contribution in [0.3, 0.4) is 0 Å². The molecule has 1 fully saturated rings. The van der Waals surface area contributed by atoms with Crippen LogP contribution in [0, 0.1) is 0 Å². The van der Waals surface area contributed by atoms with Crippen LogP contribution in [0.1, 0.15) is 12.8 Å². The van der Waals surface area contributed by atoms with E-state index in [9.17, 15) is 13.6 Å². The maximum atomic E-state index is 12.3. The zero-order valence-electron chi connectivity index (χ0n) is 9.52. The third kappa shape index (κ3) is 4.18. The summed E-state index contributed by atoms with van der Waals surface area (Å²) in [6.45, 7) is -0.799. The van der Waals surface area contributed by atoms with Gasteiger partial charge >= 0.3 is 0 Å². The summed E-state index contributed by atoms with van der Waals surface area (Å²) in [4.78, 5) is 12.8. The van der Waals surface area contributed by atoms with Gasteiger partial charge in [0.15, 0.2) is 0 Å². The van der Waals surface area contributed by atoms with E-state index in [0.717, 1.165) is 4.90 Å². The van der Waals surface area contributed by atoms with Gasteiger partial charge in [0.1, 0.15) is 6.10 Å². The van der Waals surface area contributed by atoms with E-state index in [4.69, 9.17) is 15.6 Å². The van der Waals surface area contributed by atoms with Crippen LogP contribution in [0.25, 0.3) is 0 Å². The van der Waals surface area contributed by atoms with E-state index >= 15 is 0 Å². The molecule has 0 aliphatic carbocycles. The number of alkyl halides is 2. The molecule has 7 heteroatoms. The third-order valence-electron chi connectivity index (χ3n) is 2.69. The van der Waals surface area contributed by atoms with E-state index in [0.29, 0.717) is 19.4 Å². The van der Waals surface area contributed by atoms with Crippen LogP contribution < -0.4 is 5.73 Å². The fraction of sp³-hybridized carbons (Fsp3) is 0.900. The van der Waals surface area contributed by atoms with E-state index in [2.05, 4.69) is 0 Å². The molecule has 1 amide bonds. The minimum atomic E-state index is -2.61. The number of aliphatic hydroxyl groups excluding tert-OH is 1. The van der Waals surface area contributed by atoms with Crippen LogP contribution in [0.2, 0.25) is 0 Å². The summed E-state index contributed by atoms with van der Waals surface area (Å²) in [5, 5.41) is 8.74. The van der Waals surface area contributed by atoms with Crippen LogP contribution in [-0.4, -0.2) is 60.8 Å². The maximum absolute atomic E-state index is 12.3. The number of hydrogen-bond donors (Lipinski definition) is 2. The number of carbonyl (C=O) groups is 1. The summed E-state index contributed by atoms with van der Waals surface area (Å²) >= 11 is 0. The van der Waals surface area contributed by atoms with Crippen molar-refractivity contribution in [1.82, 2.24) is 4.90 Å². The standard InChI is InChI=1S/C10H18F2N2O3/c11-9(12)6-14(3-4-15)10(16)8-2-1-7(5-13)17-8/h7-9,15H,1-6,13H2. The van der Waals surface area contributed by atoms with Gasteiger partial charge in [-0.1, -0.05) is 0 Å². The Morgan fingerprint density at radius 3 is 2.71 bits per heavy atom. The summed E-state index contributed by atoms with van der Waals surface area (Å²) < 4.78 is 29.9. The molecule has 1 rings (SSSR count). The normalized spacial score (nSPS) is 24.3. The number of nitrogens with zero attached hydrogens (tertiary/aromatic N) is 1. The summed E-state index contributed by atoms with van der Waals surface area (Å²) in [6.07, 6.45) is -2.34. The lowest BCUT2D eigenvalue weighted by Gasteiger charge is -2.24. The van der Waals surface area contributed by atoms with E-state index in [1.807, 2.05) is 0 Å². The fourth-order valence-corrected chi connectivity index (χ4v) is 1.84. The highest BCUT2D eigenvalue weighted by Crippen LogP contribution is 2.21. The molecular formula is C10H18F2N2O3. The number of carbonyl (C=O) groups excluding carboxylic acids is 1. The van der Waals surface area contributed by atoms with Crippen molar-refractivity contribution in [2.24, 2.45) is 5.73 Å². The Morgan fingerprint density at radius 2 is 2.24 bits per heavy atom. The van der Waals surface area contributed by atoms with Gasteiger partial charge in [0, 0.05) is 13.1 Å². The number of ether oxygens (including phenoxy) is 1. The Bertz CT molecular complexity index is 254. The first kappa shape index (κ1) is 14.3. The second kappa shape index (κ2) is 6.83. The van der Waals surface area contributed by atoms with Crippen LogP contribution in [0.4, 0.5) is 8.78 Å². The highest BCUT2D eigenvalue weighted by molar-refractivity contribution is 5.81. The average molecular weight is 252 g/mol. The van der Waals surface area contributed by atoms with E-state index in [-0.39, 0.29) is 19.3 Å². The van der Waals surface area contributed by atoms with Gasteiger partial charge in [-0.3, -0.25) is 4.79 Å². The molecule has 100 valence electrons. The van der Waals surface area contributed by atoms with Crippen LogP contribution >= 0.6 is 0 Å². The Morgan fingerprint density at radius 1 is 1.53 bits per heavy atom. The summed E-state index contributed by atoms with van der Waals surface area (Å²) in [7, 11) is 0. The Kier molecular flexibility index (Phi) is 5.73. The van der Waals surface area contributed by atoms with Crippen LogP contribution in [0.5, 0.6) is 0 Å². The van der Waals surface area contributed by atoms with Crippen LogP contribution in [0.15, 0.2) is 0 Å². The number of hydrogen-bond acceptors (Lipinski definition) is 4. The average Bonchev–Trinajstić information content (AvgIpc) is 2.75. The van der Waals surface area contributed by atoms with E-state index in [1.165, 1.54) is 0 Å². The van der Waals surface area contributed by atoms with Gasteiger partial charge < -0.3 is 20.5 Å². The van der Waals surface area contributed by atoms with Crippen molar-refractivity contribution in [3.05, 3.63) is 0 Å². The summed E-state index contributed by atoms with van der Waals surface area (Å²) in [5.41, 5.74) is 5.40. The lowest BCUT2D eigenvalue weighted by atomic mass is 10.2. The fourth-order valence-electron chi connectivity index (χ4n) is 1.84. The highest BCUT2D eigenvalue weighted by atomic mass is 19.3. The molecule has 1 saturated heterocycles. The lowest BCUT2D eigenvalue weighted by molar-refractivity contribution is -0.145. The molecule has 0 saturated carbocycles. The topological polar surface area (TPSA) is 75.8 Å². The van der Waals surface area contributed by atoms with Crippen molar-refractivity contribution in [3.63, 3.8) is 0 Å². The first-order valence-electron chi connectivity index (χ1n) is 5.61. The molecule has 0 aromatic heterocycles. The predicted octanol–water partition coefficient (Wildman–Crippen LogP) is -0.421. The third-order valence-corrected chi connectivity index (χ3v) is 2.69. The monoisotopic (exact) mass is 252 g/mol. The molecule has 0 aromatic carbocycles. The van der Waals surface area contributed by atoms with Gasteiger partial charge in [-0.25, -0.2) is 8.78 Å². The van der Waals surface area contributed by atoms with Gasteiger partial charge in [-0.2, -0.15) is 0 Å². The first-order valence-corrected chi connectivity index (χ1v) is 5.61. The van der Waals surface area contributed by atoms with Gasteiger partial charge in [0.05, 0.1) is 19.3 Å². The quantitative estimate of drug-likeness (QED) is 0.673. The zero-order valence-corrected chi connectivity index (χ0v) is 9.52. The minimum absolute atomic E-state index is 0.101. The van der Waals surface area contributed by atoms with Gasteiger partial charge in [-0.05, 0) is 12.8 Å². The zero-order chi connectivity index (χ0) is 12.8. The van der Waals surface area contributed by atoms with Crippen molar-refractivity contribution >= 4 is 5.91 Å². The molecule has 0 bridgehead atoms. The summed E-state index contributed by atoms with van der Waals surface area (Å²) in [6, 6.07) is 0. The number of amides is 1. The number of aliphatic hydroxyl groups is 1. The number of rotatable bonds is 6. The Labute approximate surface area is 98.5 Å². The highest BCUT2D eigenvalue weighted by Gasteiger charge is 2.33. The molecule has 0 radical (unpaired) electrons. The van der Waals surface area contributed by atoms with E-state index in [1.54, 1.807) is 0 Å². The van der Waals surface area contributed by atoms with Crippen molar-refractivity contribution < 1.29 is 23.4 Å². The molecule has 1 aliphatic heterocycles. The number of nitrogens with two attached hydrogens (primary N) is 1. The van der Waals surface area contributed by atoms with Crippen molar-refractivity contribution in [2.75, 3.05) is 26.2 Å². The molecule has 3 N–H and O–H groups in total. The van der Waals surface area contributed by atoms with Crippen molar-refractivity contribution in [2.45, 2.75) is 31.5 Å². The molecule has 0 spiro atoms. The molecule has 5 nitrogen and oxygen atoms in total. The Balaban J connectivity index is 2.52. The second-order valence-electron chi connectivity index (χ2n) is 3.96. The SMILES string of the molecule is NCC1CCC(C(=O)N(CCO)CC(F)F)O1. The molecule has 2 atom stereocenters. The maximum Gasteiger partial charge on any atom is 0.255 e. The molecular weight excluding hydrogens is 234 g/mol. The largest absolute Gasteiger partial charge is 0.395 e. The smallest absolute Gasteiger partial charge is 0.255 e. The second-order valence-corrected chi connectivity index (χ2v) is 3.96. The Hall–Kier alpha value is -0.790. The molecule has 1 heterocycles. The van der Waals surface area contributed by atoms with Crippen LogP contribution in [-0.2, 0) is 9.53 Å². The molecule has 17 heavy (non-hydrogen) atoms. The lowest BCUT2D eigenvalue weighted by Crippen LogP contribution is -2.43. The van der Waals surface area contributed by atoms with Gasteiger partial charge in [0.25, 0.3) is 12.3 Å². The molecule has 1 aliphatic rings. The molecule has 0 aromatic rings. The van der Waals surface area contributed by atoms with Crippen molar-refractivity contribution in [1.29, 1.82) is 0 Å². The van der Waals surface area contributed by atoms with Gasteiger partial charge in [0.2, 0.25) is 0 Å². The minimum Gasteiger partial charge on any atom is -0.395 e. The van der Waals surface area contributed by atoms with E-state index < -0.39 is 25.0 Å². The van der Waals surface area contributed by atoms with Gasteiger partial charge in [-0.15, -0.1) is 0 Å². The summed E-state index contributed by atoms with van der Waals surface area (Å²) in [5.74, 6) is -0.490. The predicted molar refractivity (Wildman–Crippen MR) is 56.6 cm³/mol. The number of halogens is 2. The first-order chi connectivity index (χ1) is 8.08. The van der Waals surface area contributed by atoms with Crippen molar-refractivity contribution in [3.8, 4) is 0 Å². The molecule has 2 unspecified atom stereocenters.